The average molecular weight is 549 g/mol. The van der Waals surface area contributed by atoms with Gasteiger partial charge in [0, 0.05) is 11.1 Å². The van der Waals surface area contributed by atoms with Crippen LogP contribution in [-0.2, 0) is 38.1 Å². The Hall–Kier alpha value is -3.24. The zero-order valence-electron chi connectivity index (χ0n) is 22.8. The van der Waals surface area contributed by atoms with Crippen LogP contribution in [0.1, 0.15) is 84.5 Å². The Morgan fingerprint density at radius 3 is 1.49 bits per heavy atom. The van der Waals surface area contributed by atoms with Gasteiger partial charge in [-0.25, -0.2) is 9.59 Å². The molecule has 2 unspecified atom stereocenters. The van der Waals surface area contributed by atoms with Crippen molar-refractivity contribution in [2.24, 2.45) is 0 Å². The topological polar surface area (TPSA) is 146 Å². The van der Waals surface area contributed by atoms with Crippen LogP contribution in [0.15, 0.2) is 46.6 Å². The zero-order chi connectivity index (χ0) is 28.6. The van der Waals surface area contributed by atoms with E-state index in [4.69, 9.17) is 18.9 Å². The molecule has 10 nitrogen and oxygen atoms in total. The largest absolute Gasteiger partial charge is 0.465 e. The molecule has 10 heteroatoms. The number of carbonyl (C=O) groups excluding carboxylic acids is 4. The lowest BCUT2D eigenvalue weighted by molar-refractivity contribution is -0.154. The van der Waals surface area contributed by atoms with Gasteiger partial charge < -0.3 is 29.2 Å². The van der Waals surface area contributed by atoms with Crippen LogP contribution in [0.5, 0.6) is 0 Å². The molecule has 2 atom stereocenters. The predicted molar refractivity (Wildman–Crippen MR) is 141 cm³/mol. The first-order valence-corrected chi connectivity index (χ1v) is 13.7. The van der Waals surface area contributed by atoms with Gasteiger partial charge in [-0.05, 0) is 25.7 Å². The molecule has 216 valence electrons. The molecule has 0 amide bonds. The van der Waals surface area contributed by atoms with E-state index in [1.165, 1.54) is 0 Å². The molecule has 0 saturated heterocycles. The van der Waals surface area contributed by atoms with Crippen molar-refractivity contribution in [1.29, 1.82) is 0 Å². The summed E-state index contributed by atoms with van der Waals surface area (Å²) < 4.78 is 20.0. The molecule has 0 aromatic heterocycles. The summed E-state index contributed by atoms with van der Waals surface area (Å²) in [6.45, 7) is 4.44. The summed E-state index contributed by atoms with van der Waals surface area (Å²) in [5, 5.41) is 19.7. The van der Waals surface area contributed by atoms with E-state index in [9.17, 15) is 29.4 Å². The second kappa shape index (κ2) is 17.4. The molecule has 0 aliphatic carbocycles. The molecule has 0 aromatic rings. The molecular weight excluding hydrogens is 508 g/mol. The summed E-state index contributed by atoms with van der Waals surface area (Å²) in [7, 11) is 0. The molecule has 39 heavy (non-hydrogen) atoms. The van der Waals surface area contributed by atoms with Crippen molar-refractivity contribution in [3.8, 4) is 0 Å². The number of unbranched alkanes of at least 4 members (excludes halogenated alkanes) is 6. The molecule has 0 saturated carbocycles. The molecular formula is C29H40O10. The van der Waals surface area contributed by atoms with E-state index in [1.807, 2.05) is 26.0 Å². The van der Waals surface area contributed by atoms with Gasteiger partial charge in [0.25, 0.3) is 0 Å². The van der Waals surface area contributed by atoms with E-state index in [1.54, 1.807) is 12.2 Å². The molecule has 2 aliphatic rings. The van der Waals surface area contributed by atoms with Crippen molar-refractivity contribution in [2.75, 3.05) is 13.2 Å². The maximum atomic E-state index is 12.1. The van der Waals surface area contributed by atoms with E-state index in [0.717, 1.165) is 44.9 Å². The summed E-state index contributed by atoms with van der Waals surface area (Å²) >= 11 is 0. The molecule has 0 fully saturated rings. The summed E-state index contributed by atoms with van der Waals surface area (Å²) in [5.74, 6) is -2.53. The first-order valence-electron chi connectivity index (χ1n) is 13.7. The van der Waals surface area contributed by atoms with Crippen molar-refractivity contribution < 1.29 is 48.3 Å². The summed E-state index contributed by atoms with van der Waals surface area (Å²) in [5.41, 5.74) is 0.840. The fraction of sp³-hybridized carbons (Fsp3) is 0.586. The molecule has 2 heterocycles. The quantitative estimate of drug-likeness (QED) is 0.147. The standard InChI is InChI=1S/C29H40O10/c1-3-5-10-14-20-22(28(34)38-26(20)32)18-24(30)36-16-12-8-7-9-13-17-37-25(31)19-23-21(15-11-6-4-2)27(33)39-29(23)35/h10-11,14-15,26-27,32-33H,3-9,12-13,16-19H2,1-2H3/b14-10+,15-11+. The Morgan fingerprint density at radius 2 is 1.10 bits per heavy atom. The number of cyclic esters (lactones) is 2. The van der Waals surface area contributed by atoms with Crippen LogP contribution in [0.25, 0.3) is 0 Å². The van der Waals surface area contributed by atoms with E-state index >= 15 is 0 Å². The highest BCUT2D eigenvalue weighted by atomic mass is 16.6. The van der Waals surface area contributed by atoms with Crippen LogP contribution in [-0.4, -0.2) is 59.9 Å². The van der Waals surface area contributed by atoms with Crippen LogP contribution in [0.3, 0.4) is 0 Å². The highest BCUT2D eigenvalue weighted by molar-refractivity contribution is 5.98. The predicted octanol–water partition coefficient (Wildman–Crippen LogP) is 3.86. The van der Waals surface area contributed by atoms with Gasteiger partial charge in [-0.1, -0.05) is 70.3 Å². The molecule has 0 spiro atoms. The maximum absolute atomic E-state index is 12.1. The lowest BCUT2D eigenvalue weighted by Crippen LogP contribution is -2.11. The normalized spacial score (nSPS) is 19.4. The van der Waals surface area contributed by atoms with E-state index < -0.39 is 36.5 Å². The van der Waals surface area contributed by atoms with Crippen molar-refractivity contribution in [3.05, 3.63) is 46.6 Å². The van der Waals surface area contributed by atoms with Gasteiger partial charge in [0.1, 0.15) is 0 Å². The lowest BCUT2D eigenvalue weighted by Gasteiger charge is -2.06. The Morgan fingerprint density at radius 1 is 0.718 bits per heavy atom. The van der Waals surface area contributed by atoms with Crippen molar-refractivity contribution in [2.45, 2.75) is 97.1 Å². The Bertz CT molecular complexity index is 910. The van der Waals surface area contributed by atoms with Crippen molar-refractivity contribution >= 4 is 23.9 Å². The molecule has 0 bridgehead atoms. The molecule has 0 radical (unpaired) electrons. The molecule has 2 N–H and O–H groups in total. The second-order valence-electron chi connectivity index (χ2n) is 9.33. The highest BCUT2D eigenvalue weighted by Gasteiger charge is 2.33. The number of hydrogen-bond donors (Lipinski definition) is 2. The van der Waals surface area contributed by atoms with E-state index in [2.05, 4.69) is 0 Å². The number of ether oxygens (including phenoxy) is 4. The van der Waals surface area contributed by atoms with Crippen LogP contribution in [0.2, 0.25) is 0 Å². The summed E-state index contributed by atoms with van der Waals surface area (Å²) in [4.78, 5) is 48.2. The zero-order valence-corrected chi connectivity index (χ0v) is 22.8. The fourth-order valence-corrected chi connectivity index (χ4v) is 3.97. The SMILES string of the molecule is CCC/C=C/C1=C(CC(=O)OCCCCCCCOC(=O)CC2=C(/C=C/CCC)C(O)OC2=O)C(=O)OC1O. The van der Waals surface area contributed by atoms with Crippen LogP contribution in [0.4, 0.5) is 0 Å². The highest BCUT2D eigenvalue weighted by Crippen LogP contribution is 2.26. The van der Waals surface area contributed by atoms with Gasteiger partial charge in [-0.3, -0.25) is 9.59 Å². The molecule has 2 aliphatic heterocycles. The fourth-order valence-electron chi connectivity index (χ4n) is 3.97. The third kappa shape index (κ3) is 10.8. The van der Waals surface area contributed by atoms with Crippen LogP contribution in [0, 0.1) is 0 Å². The number of hydrogen-bond acceptors (Lipinski definition) is 10. The van der Waals surface area contributed by atoms with Gasteiger partial charge in [-0.15, -0.1) is 0 Å². The van der Waals surface area contributed by atoms with Gasteiger partial charge in [-0.2, -0.15) is 0 Å². The van der Waals surface area contributed by atoms with Gasteiger partial charge in [0.15, 0.2) is 0 Å². The smallest absolute Gasteiger partial charge is 0.337 e. The lowest BCUT2D eigenvalue weighted by atomic mass is 10.1. The Kier molecular flexibility index (Phi) is 14.2. The first-order chi connectivity index (χ1) is 18.8. The molecule has 0 aromatic carbocycles. The number of aliphatic hydroxyl groups excluding tert-OH is 2. The monoisotopic (exact) mass is 548 g/mol. The van der Waals surface area contributed by atoms with Crippen molar-refractivity contribution in [1.82, 2.24) is 0 Å². The number of esters is 4. The van der Waals surface area contributed by atoms with Crippen molar-refractivity contribution in [3.63, 3.8) is 0 Å². The number of aliphatic hydroxyl groups is 2. The van der Waals surface area contributed by atoms with Gasteiger partial charge in [0.2, 0.25) is 12.6 Å². The van der Waals surface area contributed by atoms with Crippen LogP contribution >= 0.6 is 0 Å². The second-order valence-corrected chi connectivity index (χ2v) is 9.33. The van der Waals surface area contributed by atoms with E-state index in [0.29, 0.717) is 24.0 Å². The Balaban J connectivity index is 1.60. The minimum Gasteiger partial charge on any atom is -0.465 e. The third-order valence-electron chi connectivity index (χ3n) is 6.12. The van der Waals surface area contributed by atoms with Crippen LogP contribution < -0.4 is 0 Å². The Labute approximate surface area is 229 Å². The number of carbonyl (C=O) groups is 4. The first kappa shape index (κ1) is 32.0. The molecule has 2 rings (SSSR count). The number of rotatable bonds is 18. The summed E-state index contributed by atoms with van der Waals surface area (Å²) in [6, 6.07) is 0. The van der Waals surface area contributed by atoms with E-state index in [-0.39, 0.29) is 37.2 Å². The van der Waals surface area contributed by atoms with Gasteiger partial charge >= 0.3 is 23.9 Å². The number of allylic oxidation sites excluding steroid dienone is 2. The third-order valence-corrected chi connectivity index (χ3v) is 6.12. The minimum atomic E-state index is -1.36. The maximum Gasteiger partial charge on any atom is 0.337 e. The minimum absolute atomic E-state index is 0.121. The van der Waals surface area contributed by atoms with Gasteiger partial charge in [0.05, 0.1) is 37.2 Å². The average Bonchev–Trinajstić information content (AvgIpc) is 3.31. The summed E-state index contributed by atoms with van der Waals surface area (Å²) in [6.07, 6.45) is 10.8.